The number of carboxylic acids is 1. The maximum Gasteiger partial charge on any atom is 0.337 e. The number of carboxylic acid groups (broad SMARTS) is 1. The molecule has 1 aromatic carbocycles. The fraction of sp³-hybridized carbons (Fsp3) is 0.0769. The van der Waals surface area contributed by atoms with E-state index >= 15 is 0 Å². The topological polar surface area (TPSA) is 79.5 Å². The number of aldehydes is 1. The number of anilines is 1. The van der Waals surface area contributed by atoms with Crippen LogP contribution in [-0.4, -0.2) is 17.4 Å². The Morgan fingerprint density at radius 3 is 2.84 bits per heavy atom. The standard InChI is InChI=1S/C13H10ClNO4/c14-11-5-12(15-6-9-2-1-3-19-9)10(13(17)18)4-8(11)7-16/h1-5,7,15H,6H2,(H,17,18). The van der Waals surface area contributed by atoms with Crippen LogP contribution in [0.4, 0.5) is 5.69 Å². The zero-order valence-corrected chi connectivity index (χ0v) is 10.5. The van der Waals surface area contributed by atoms with E-state index in [0.29, 0.717) is 24.3 Å². The zero-order chi connectivity index (χ0) is 13.8. The van der Waals surface area contributed by atoms with E-state index in [2.05, 4.69) is 5.32 Å². The smallest absolute Gasteiger partial charge is 0.337 e. The molecule has 0 amide bonds. The second-order valence-electron chi connectivity index (χ2n) is 3.78. The number of hydrogen-bond acceptors (Lipinski definition) is 4. The normalized spacial score (nSPS) is 10.2. The van der Waals surface area contributed by atoms with Gasteiger partial charge in [0.05, 0.1) is 29.1 Å². The minimum absolute atomic E-state index is 0.0157. The summed E-state index contributed by atoms with van der Waals surface area (Å²) in [4.78, 5) is 21.9. The van der Waals surface area contributed by atoms with Crippen LogP contribution in [-0.2, 0) is 6.54 Å². The quantitative estimate of drug-likeness (QED) is 0.822. The van der Waals surface area contributed by atoms with Gasteiger partial charge >= 0.3 is 5.97 Å². The number of hydrogen-bond donors (Lipinski definition) is 2. The van der Waals surface area contributed by atoms with Crippen molar-refractivity contribution < 1.29 is 19.1 Å². The molecule has 5 nitrogen and oxygen atoms in total. The third-order valence-electron chi connectivity index (χ3n) is 2.53. The highest BCUT2D eigenvalue weighted by molar-refractivity contribution is 6.33. The lowest BCUT2D eigenvalue weighted by atomic mass is 10.1. The van der Waals surface area contributed by atoms with Gasteiger partial charge in [0.1, 0.15) is 5.76 Å². The molecule has 0 unspecified atom stereocenters. The number of nitrogens with one attached hydrogen (secondary N) is 1. The largest absolute Gasteiger partial charge is 0.478 e. The van der Waals surface area contributed by atoms with E-state index in [-0.39, 0.29) is 16.1 Å². The van der Waals surface area contributed by atoms with Crippen molar-refractivity contribution >= 4 is 29.5 Å². The van der Waals surface area contributed by atoms with E-state index in [4.69, 9.17) is 21.1 Å². The second kappa shape index (κ2) is 5.58. The van der Waals surface area contributed by atoms with Gasteiger partial charge in [-0.05, 0) is 24.3 Å². The minimum atomic E-state index is -1.14. The first-order valence-corrected chi connectivity index (χ1v) is 5.78. The summed E-state index contributed by atoms with van der Waals surface area (Å²) in [7, 11) is 0. The molecule has 2 rings (SSSR count). The Morgan fingerprint density at radius 1 is 1.47 bits per heavy atom. The molecule has 2 N–H and O–H groups in total. The van der Waals surface area contributed by atoms with E-state index < -0.39 is 5.97 Å². The van der Waals surface area contributed by atoms with Crippen LogP contribution >= 0.6 is 11.6 Å². The highest BCUT2D eigenvalue weighted by Gasteiger charge is 2.14. The third kappa shape index (κ3) is 2.95. The Labute approximate surface area is 113 Å². The first-order chi connectivity index (χ1) is 9.11. The Bertz CT molecular complexity index is 607. The van der Waals surface area contributed by atoms with Gasteiger partial charge in [0, 0.05) is 5.56 Å². The predicted molar refractivity (Wildman–Crippen MR) is 69.8 cm³/mol. The molecule has 0 fully saturated rings. The molecule has 0 radical (unpaired) electrons. The molecule has 0 bridgehead atoms. The van der Waals surface area contributed by atoms with Gasteiger partial charge in [0.25, 0.3) is 0 Å². The van der Waals surface area contributed by atoms with Crippen LogP contribution in [0.3, 0.4) is 0 Å². The van der Waals surface area contributed by atoms with Crippen molar-refractivity contribution in [3.63, 3.8) is 0 Å². The Morgan fingerprint density at radius 2 is 2.26 bits per heavy atom. The van der Waals surface area contributed by atoms with Gasteiger partial charge in [-0.2, -0.15) is 0 Å². The van der Waals surface area contributed by atoms with Crippen LogP contribution in [0.5, 0.6) is 0 Å². The predicted octanol–water partition coefficient (Wildman–Crippen LogP) is 3.06. The molecule has 0 atom stereocenters. The lowest BCUT2D eigenvalue weighted by Crippen LogP contribution is -2.07. The van der Waals surface area contributed by atoms with Gasteiger partial charge in [-0.1, -0.05) is 11.6 Å². The third-order valence-corrected chi connectivity index (χ3v) is 2.85. The molecule has 1 aromatic heterocycles. The highest BCUT2D eigenvalue weighted by Crippen LogP contribution is 2.25. The van der Waals surface area contributed by atoms with Crippen molar-refractivity contribution in [3.05, 3.63) is 52.4 Å². The summed E-state index contributed by atoms with van der Waals surface area (Å²) in [6.45, 7) is 0.323. The Kier molecular flexibility index (Phi) is 3.87. The number of furan rings is 1. The van der Waals surface area contributed by atoms with Crippen molar-refractivity contribution in [2.24, 2.45) is 0 Å². The molecular formula is C13H10ClNO4. The average molecular weight is 280 g/mol. The highest BCUT2D eigenvalue weighted by atomic mass is 35.5. The molecule has 0 spiro atoms. The summed E-state index contributed by atoms with van der Waals surface area (Å²) in [5.41, 5.74) is 0.458. The molecule has 98 valence electrons. The lowest BCUT2D eigenvalue weighted by molar-refractivity contribution is 0.0698. The molecule has 1 heterocycles. The van der Waals surface area contributed by atoms with Gasteiger partial charge in [-0.15, -0.1) is 0 Å². The maximum absolute atomic E-state index is 11.1. The Hall–Kier alpha value is -2.27. The van der Waals surface area contributed by atoms with E-state index in [1.54, 1.807) is 12.1 Å². The van der Waals surface area contributed by atoms with Crippen molar-refractivity contribution in [2.45, 2.75) is 6.54 Å². The monoisotopic (exact) mass is 279 g/mol. The average Bonchev–Trinajstić information content (AvgIpc) is 2.89. The molecule has 19 heavy (non-hydrogen) atoms. The second-order valence-corrected chi connectivity index (χ2v) is 4.18. The summed E-state index contributed by atoms with van der Waals surface area (Å²) in [5.74, 6) is -0.478. The number of carbonyl (C=O) groups is 2. The van der Waals surface area contributed by atoms with Gasteiger partial charge in [-0.3, -0.25) is 4.79 Å². The molecule has 0 aliphatic heterocycles. The maximum atomic E-state index is 11.1. The molecule has 0 saturated heterocycles. The van der Waals surface area contributed by atoms with Crippen molar-refractivity contribution in [1.29, 1.82) is 0 Å². The van der Waals surface area contributed by atoms with Crippen molar-refractivity contribution in [3.8, 4) is 0 Å². The van der Waals surface area contributed by atoms with Gasteiger partial charge in [0.2, 0.25) is 0 Å². The van der Waals surface area contributed by atoms with Crippen molar-refractivity contribution in [1.82, 2.24) is 0 Å². The molecule has 0 aliphatic rings. The fourth-order valence-corrected chi connectivity index (χ4v) is 1.81. The SMILES string of the molecule is O=Cc1cc(C(=O)O)c(NCc2ccco2)cc1Cl. The van der Waals surface area contributed by atoms with Crippen LogP contribution in [0.25, 0.3) is 0 Å². The number of aromatic carboxylic acids is 1. The molecule has 0 aliphatic carbocycles. The molecule has 6 heteroatoms. The summed E-state index contributed by atoms with van der Waals surface area (Å²) in [5, 5.41) is 12.2. The summed E-state index contributed by atoms with van der Waals surface area (Å²) >= 11 is 5.88. The van der Waals surface area contributed by atoms with Gasteiger partial charge in [0.15, 0.2) is 6.29 Å². The van der Waals surface area contributed by atoms with Gasteiger partial charge in [-0.25, -0.2) is 4.79 Å². The zero-order valence-electron chi connectivity index (χ0n) is 9.72. The molecular weight excluding hydrogens is 270 g/mol. The van der Waals surface area contributed by atoms with E-state index in [1.165, 1.54) is 18.4 Å². The van der Waals surface area contributed by atoms with Gasteiger partial charge < -0.3 is 14.8 Å². The summed E-state index contributed by atoms with van der Waals surface area (Å²) in [6, 6.07) is 6.15. The Balaban J connectivity index is 2.30. The van der Waals surface area contributed by atoms with Crippen LogP contribution in [0.2, 0.25) is 5.02 Å². The summed E-state index contributed by atoms with van der Waals surface area (Å²) < 4.78 is 5.13. The van der Waals surface area contributed by atoms with E-state index in [9.17, 15) is 9.59 Å². The van der Waals surface area contributed by atoms with E-state index in [0.717, 1.165) is 0 Å². The number of halogens is 1. The lowest BCUT2D eigenvalue weighted by Gasteiger charge is -2.10. The molecule has 2 aromatic rings. The first kappa shape index (κ1) is 13.2. The molecule has 0 saturated carbocycles. The van der Waals surface area contributed by atoms with Crippen molar-refractivity contribution in [2.75, 3.05) is 5.32 Å². The van der Waals surface area contributed by atoms with Crippen LogP contribution in [0.1, 0.15) is 26.5 Å². The fourth-order valence-electron chi connectivity index (χ4n) is 1.60. The first-order valence-electron chi connectivity index (χ1n) is 5.40. The number of rotatable bonds is 5. The number of carbonyl (C=O) groups excluding carboxylic acids is 1. The summed E-state index contributed by atoms with van der Waals surface area (Å²) in [6.07, 6.45) is 2.04. The van der Waals surface area contributed by atoms with E-state index in [1.807, 2.05) is 0 Å². The van der Waals surface area contributed by atoms with Crippen LogP contribution in [0, 0.1) is 0 Å². The minimum Gasteiger partial charge on any atom is -0.478 e. The van der Waals surface area contributed by atoms with Crippen LogP contribution < -0.4 is 5.32 Å². The van der Waals surface area contributed by atoms with Crippen LogP contribution in [0.15, 0.2) is 34.9 Å². The number of benzene rings is 1.